The summed E-state index contributed by atoms with van der Waals surface area (Å²) in [6, 6.07) is 4.25. The molecule has 1 aromatic heterocycles. The van der Waals surface area contributed by atoms with Crippen LogP contribution in [0.2, 0.25) is 0 Å². The van der Waals surface area contributed by atoms with Gasteiger partial charge in [0.05, 0.1) is 6.61 Å². The summed E-state index contributed by atoms with van der Waals surface area (Å²) in [5.41, 5.74) is 1.29. The fraction of sp³-hybridized carbons (Fsp3) is 0.667. The molecule has 1 aliphatic rings. The second-order valence-electron chi connectivity index (χ2n) is 5.27. The molecule has 0 bridgehead atoms. The first kappa shape index (κ1) is 14.3. The fourth-order valence-corrected chi connectivity index (χ4v) is 2.48. The van der Waals surface area contributed by atoms with E-state index in [9.17, 15) is 0 Å². The van der Waals surface area contributed by atoms with Crippen LogP contribution in [-0.4, -0.2) is 38.3 Å². The van der Waals surface area contributed by atoms with Crippen molar-refractivity contribution in [2.24, 2.45) is 5.92 Å². The maximum atomic E-state index is 5.54. The molecule has 19 heavy (non-hydrogen) atoms. The normalized spacial score (nSPS) is 19.4. The smallest absolute Gasteiger partial charge is 0.128 e. The number of pyridine rings is 1. The Morgan fingerprint density at radius 2 is 2.42 bits per heavy atom. The van der Waals surface area contributed by atoms with Gasteiger partial charge in [-0.05, 0) is 43.0 Å². The monoisotopic (exact) mass is 263 g/mol. The predicted molar refractivity (Wildman–Crippen MR) is 78.4 cm³/mol. The van der Waals surface area contributed by atoms with E-state index in [1.54, 1.807) is 0 Å². The zero-order valence-electron chi connectivity index (χ0n) is 12.1. The maximum Gasteiger partial charge on any atom is 0.128 e. The lowest BCUT2D eigenvalue weighted by atomic mass is 10.0. The Balaban J connectivity index is 1.91. The highest BCUT2D eigenvalue weighted by Gasteiger charge is 2.16. The van der Waals surface area contributed by atoms with E-state index in [-0.39, 0.29) is 0 Å². The molecule has 0 aromatic carbocycles. The molecule has 1 aliphatic heterocycles. The molecule has 2 rings (SSSR count). The van der Waals surface area contributed by atoms with Gasteiger partial charge in [-0.15, -0.1) is 0 Å². The van der Waals surface area contributed by atoms with E-state index in [1.165, 1.54) is 18.4 Å². The lowest BCUT2D eigenvalue weighted by Crippen LogP contribution is -2.31. The van der Waals surface area contributed by atoms with Gasteiger partial charge in [-0.3, -0.25) is 0 Å². The zero-order valence-corrected chi connectivity index (χ0v) is 12.1. The van der Waals surface area contributed by atoms with Crippen molar-refractivity contribution in [1.82, 2.24) is 10.3 Å². The molecule has 1 N–H and O–H groups in total. The van der Waals surface area contributed by atoms with Crippen LogP contribution in [0.4, 0.5) is 5.82 Å². The van der Waals surface area contributed by atoms with Crippen LogP contribution in [-0.2, 0) is 11.3 Å². The highest BCUT2D eigenvalue weighted by Crippen LogP contribution is 2.18. The Morgan fingerprint density at radius 1 is 1.53 bits per heavy atom. The lowest BCUT2D eigenvalue weighted by Gasteiger charge is -2.27. The Morgan fingerprint density at radius 3 is 3.16 bits per heavy atom. The first-order valence-electron chi connectivity index (χ1n) is 7.24. The Kier molecular flexibility index (Phi) is 5.61. The van der Waals surface area contributed by atoms with Crippen LogP contribution < -0.4 is 10.2 Å². The molecule has 1 atom stereocenters. The highest BCUT2D eigenvalue weighted by molar-refractivity contribution is 5.40. The third-order valence-corrected chi connectivity index (χ3v) is 3.57. The topological polar surface area (TPSA) is 37.4 Å². The summed E-state index contributed by atoms with van der Waals surface area (Å²) in [6.07, 6.45) is 4.35. The van der Waals surface area contributed by atoms with Crippen molar-refractivity contribution in [3.63, 3.8) is 0 Å². The van der Waals surface area contributed by atoms with E-state index in [0.717, 1.165) is 38.7 Å². The van der Waals surface area contributed by atoms with E-state index in [4.69, 9.17) is 4.74 Å². The van der Waals surface area contributed by atoms with Gasteiger partial charge in [-0.2, -0.15) is 0 Å². The SMILES string of the molecule is CCNCc1ccnc(N(C)CC2CCCOC2)c1. The number of aromatic nitrogens is 1. The van der Waals surface area contributed by atoms with E-state index in [0.29, 0.717) is 5.92 Å². The van der Waals surface area contributed by atoms with Crippen molar-refractivity contribution in [1.29, 1.82) is 0 Å². The molecular weight excluding hydrogens is 238 g/mol. The molecule has 0 aliphatic carbocycles. The summed E-state index contributed by atoms with van der Waals surface area (Å²) >= 11 is 0. The molecule has 0 amide bonds. The summed E-state index contributed by atoms with van der Waals surface area (Å²) in [5, 5.41) is 3.35. The molecule has 4 heteroatoms. The first-order valence-corrected chi connectivity index (χ1v) is 7.24. The summed E-state index contributed by atoms with van der Waals surface area (Å²) in [4.78, 5) is 6.72. The van der Waals surface area contributed by atoms with Crippen molar-refractivity contribution in [3.8, 4) is 0 Å². The van der Waals surface area contributed by atoms with Crippen LogP contribution in [0, 0.1) is 5.92 Å². The van der Waals surface area contributed by atoms with Crippen LogP contribution in [0.5, 0.6) is 0 Å². The predicted octanol–water partition coefficient (Wildman–Crippen LogP) is 2.05. The van der Waals surface area contributed by atoms with Gasteiger partial charge in [-0.25, -0.2) is 4.98 Å². The first-order chi connectivity index (χ1) is 9.29. The molecule has 4 nitrogen and oxygen atoms in total. The number of hydrogen-bond donors (Lipinski definition) is 1. The van der Waals surface area contributed by atoms with Gasteiger partial charge in [0, 0.05) is 32.9 Å². The van der Waals surface area contributed by atoms with Gasteiger partial charge in [-0.1, -0.05) is 6.92 Å². The third kappa shape index (κ3) is 4.48. The zero-order chi connectivity index (χ0) is 13.5. The molecule has 0 radical (unpaired) electrons. The quantitative estimate of drug-likeness (QED) is 0.852. The van der Waals surface area contributed by atoms with E-state index in [2.05, 4.69) is 41.3 Å². The summed E-state index contributed by atoms with van der Waals surface area (Å²) in [7, 11) is 2.12. The van der Waals surface area contributed by atoms with Gasteiger partial charge in [0.25, 0.3) is 0 Å². The summed E-state index contributed by atoms with van der Waals surface area (Å²) in [6.45, 7) is 6.87. The molecule has 0 spiro atoms. The third-order valence-electron chi connectivity index (χ3n) is 3.57. The van der Waals surface area contributed by atoms with Gasteiger partial charge < -0.3 is 15.0 Å². The van der Waals surface area contributed by atoms with Crippen LogP contribution in [0.15, 0.2) is 18.3 Å². The molecule has 2 heterocycles. The van der Waals surface area contributed by atoms with Crippen molar-refractivity contribution in [3.05, 3.63) is 23.9 Å². The fourth-order valence-electron chi connectivity index (χ4n) is 2.48. The van der Waals surface area contributed by atoms with Gasteiger partial charge >= 0.3 is 0 Å². The Labute approximate surface area is 116 Å². The van der Waals surface area contributed by atoms with Crippen molar-refractivity contribution >= 4 is 5.82 Å². The second kappa shape index (κ2) is 7.46. The molecule has 1 saturated heterocycles. The maximum absolute atomic E-state index is 5.54. The van der Waals surface area contributed by atoms with Gasteiger partial charge in [0.1, 0.15) is 5.82 Å². The minimum absolute atomic E-state index is 0.637. The number of rotatable bonds is 6. The number of nitrogens with zero attached hydrogens (tertiary/aromatic N) is 2. The number of nitrogens with one attached hydrogen (secondary N) is 1. The highest BCUT2D eigenvalue weighted by atomic mass is 16.5. The van der Waals surface area contributed by atoms with Crippen molar-refractivity contribution < 1.29 is 4.74 Å². The number of ether oxygens (including phenoxy) is 1. The van der Waals surface area contributed by atoms with E-state index < -0.39 is 0 Å². The largest absolute Gasteiger partial charge is 0.381 e. The average molecular weight is 263 g/mol. The van der Waals surface area contributed by atoms with Crippen molar-refractivity contribution in [2.45, 2.75) is 26.3 Å². The minimum Gasteiger partial charge on any atom is -0.381 e. The molecule has 1 fully saturated rings. The van der Waals surface area contributed by atoms with E-state index >= 15 is 0 Å². The summed E-state index contributed by atoms with van der Waals surface area (Å²) in [5.74, 6) is 1.69. The standard InChI is InChI=1S/C15H25N3O/c1-3-16-10-13-6-7-17-15(9-13)18(2)11-14-5-4-8-19-12-14/h6-7,9,14,16H,3-5,8,10-12H2,1-2H3. The van der Waals surface area contributed by atoms with Gasteiger partial charge in [0.15, 0.2) is 0 Å². The van der Waals surface area contributed by atoms with Gasteiger partial charge in [0.2, 0.25) is 0 Å². The van der Waals surface area contributed by atoms with Crippen LogP contribution in [0.1, 0.15) is 25.3 Å². The molecule has 1 aromatic rings. The van der Waals surface area contributed by atoms with Crippen LogP contribution >= 0.6 is 0 Å². The number of anilines is 1. The second-order valence-corrected chi connectivity index (χ2v) is 5.27. The van der Waals surface area contributed by atoms with Crippen molar-refractivity contribution in [2.75, 3.05) is 38.3 Å². The molecule has 1 unspecified atom stereocenters. The molecule has 106 valence electrons. The Bertz CT molecular complexity index is 377. The minimum atomic E-state index is 0.637. The summed E-state index contributed by atoms with van der Waals surface area (Å²) < 4.78 is 5.54. The molecular formula is C15H25N3O. The number of hydrogen-bond acceptors (Lipinski definition) is 4. The van der Waals surface area contributed by atoms with Crippen LogP contribution in [0.25, 0.3) is 0 Å². The van der Waals surface area contributed by atoms with E-state index in [1.807, 2.05) is 6.20 Å². The van der Waals surface area contributed by atoms with Crippen LogP contribution in [0.3, 0.4) is 0 Å². The molecule has 0 saturated carbocycles. The lowest BCUT2D eigenvalue weighted by molar-refractivity contribution is 0.0576. The average Bonchev–Trinajstić information content (AvgIpc) is 2.46. The Hall–Kier alpha value is -1.13.